The number of ether oxygens (including phenoxy) is 1. The molecule has 0 aliphatic carbocycles. The zero-order chi connectivity index (χ0) is 18.5. The minimum Gasteiger partial charge on any atom is -0.497 e. The Hall–Kier alpha value is -2.83. The molecule has 3 aromatic rings. The van der Waals surface area contributed by atoms with E-state index in [-0.39, 0.29) is 5.69 Å². The van der Waals surface area contributed by atoms with Gasteiger partial charge in [-0.2, -0.15) is 10.2 Å². The summed E-state index contributed by atoms with van der Waals surface area (Å²) in [5.74, 6) is 0.329. The Morgan fingerprint density at radius 3 is 2.65 bits per heavy atom. The number of halogens is 2. The fraction of sp³-hybridized carbons (Fsp3) is 0.0556. The number of rotatable bonds is 5. The Morgan fingerprint density at radius 1 is 1.19 bits per heavy atom. The van der Waals surface area contributed by atoms with Gasteiger partial charge in [0.1, 0.15) is 11.4 Å². The zero-order valence-corrected chi connectivity index (χ0v) is 15.2. The van der Waals surface area contributed by atoms with Gasteiger partial charge >= 0.3 is 0 Å². The summed E-state index contributed by atoms with van der Waals surface area (Å²) in [6.45, 7) is 0. The van der Waals surface area contributed by atoms with Gasteiger partial charge in [0, 0.05) is 10.6 Å². The number of nitrogens with one attached hydrogen (secondary N) is 2. The average Bonchev–Trinajstić information content (AvgIpc) is 3.12. The molecule has 2 N–H and O–H groups in total. The number of hydrogen-bond acceptors (Lipinski definition) is 4. The molecule has 0 spiro atoms. The molecule has 0 aliphatic heterocycles. The van der Waals surface area contributed by atoms with Crippen molar-refractivity contribution in [3.63, 3.8) is 0 Å². The number of amides is 1. The van der Waals surface area contributed by atoms with Crippen LogP contribution in [0.15, 0.2) is 53.6 Å². The highest BCUT2D eigenvalue weighted by molar-refractivity contribution is 6.36. The van der Waals surface area contributed by atoms with Crippen molar-refractivity contribution in [3.05, 3.63) is 69.8 Å². The van der Waals surface area contributed by atoms with Crippen molar-refractivity contribution in [3.8, 4) is 17.0 Å². The standard InChI is InChI=1S/C18H14Cl2N4O2/c1-26-13-5-2-11(3-6-13)10-21-24-18(25)17-9-16(22-23-17)14-7-4-12(19)8-15(14)20/h2-10H,1H3,(H,22,23)(H,24,25)/b21-10-. The summed E-state index contributed by atoms with van der Waals surface area (Å²) in [4.78, 5) is 12.1. The smallest absolute Gasteiger partial charge is 0.289 e. The molecular weight excluding hydrogens is 375 g/mol. The fourth-order valence-electron chi connectivity index (χ4n) is 2.19. The third-order valence-electron chi connectivity index (χ3n) is 3.53. The van der Waals surface area contributed by atoms with E-state index in [1.165, 1.54) is 6.21 Å². The van der Waals surface area contributed by atoms with Gasteiger partial charge in [0.2, 0.25) is 0 Å². The number of hydrazone groups is 1. The second kappa shape index (κ2) is 8.03. The van der Waals surface area contributed by atoms with Gasteiger partial charge in [-0.25, -0.2) is 5.43 Å². The summed E-state index contributed by atoms with van der Waals surface area (Å²) in [5.41, 5.74) is 4.74. The minimum absolute atomic E-state index is 0.262. The quantitative estimate of drug-likeness (QED) is 0.508. The van der Waals surface area contributed by atoms with Crippen LogP contribution in [0.3, 0.4) is 0 Å². The van der Waals surface area contributed by atoms with Crippen molar-refractivity contribution in [2.75, 3.05) is 7.11 Å². The maximum absolute atomic E-state index is 12.1. The number of aromatic nitrogens is 2. The molecular formula is C18H14Cl2N4O2. The van der Waals surface area contributed by atoms with Gasteiger partial charge in [0.15, 0.2) is 0 Å². The molecule has 0 unspecified atom stereocenters. The molecule has 0 saturated heterocycles. The predicted molar refractivity (Wildman–Crippen MR) is 102 cm³/mol. The molecule has 0 radical (unpaired) electrons. The van der Waals surface area contributed by atoms with Crippen LogP contribution in [0.4, 0.5) is 0 Å². The van der Waals surface area contributed by atoms with Crippen molar-refractivity contribution >= 4 is 35.3 Å². The Bertz CT molecular complexity index is 952. The van der Waals surface area contributed by atoms with Gasteiger partial charge in [-0.05, 0) is 54.1 Å². The highest BCUT2D eigenvalue weighted by Crippen LogP contribution is 2.29. The average molecular weight is 389 g/mol. The van der Waals surface area contributed by atoms with Gasteiger partial charge < -0.3 is 4.74 Å². The molecule has 3 rings (SSSR count). The molecule has 0 fully saturated rings. The van der Waals surface area contributed by atoms with Crippen molar-refractivity contribution in [2.24, 2.45) is 5.10 Å². The van der Waals surface area contributed by atoms with Crippen molar-refractivity contribution in [2.45, 2.75) is 0 Å². The van der Waals surface area contributed by atoms with E-state index < -0.39 is 5.91 Å². The van der Waals surface area contributed by atoms with Gasteiger partial charge in [-0.15, -0.1) is 0 Å². The molecule has 1 amide bonds. The van der Waals surface area contributed by atoms with E-state index in [1.807, 2.05) is 12.1 Å². The molecule has 8 heteroatoms. The largest absolute Gasteiger partial charge is 0.497 e. The first-order valence-electron chi connectivity index (χ1n) is 7.55. The Balaban J connectivity index is 1.67. The van der Waals surface area contributed by atoms with Gasteiger partial charge in [-0.1, -0.05) is 23.2 Å². The minimum atomic E-state index is -0.418. The van der Waals surface area contributed by atoms with Crippen LogP contribution >= 0.6 is 23.2 Å². The van der Waals surface area contributed by atoms with E-state index in [1.54, 1.807) is 43.5 Å². The summed E-state index contributed by atoms with van der Waals surface area (Å²) >= 11 is 12.0. The summed E-state index contributed by atoms with van der Waals surface area (Å²) in [5, 5.41) is 11.7. The zero-order valence-electron chi connectivity index (χ0n) is 13.7. The second-order valence-corrected chi connectivity index (χ2v) is 6.11. The summed E-state index contributed by atoms with van der Waals surface area (Å²) in [6, 6.07) is 13.9. The van der Waals surface area contributed by atoms with Crippen LogP contribution in [-0.2, 0) is 0 Å². The van der Waals surface area contributed by atoms with Crippen LogP contribution in [-0.4, -0.2) is 29.4 Å². The lowest BCUT2D eigenvalue weighted by molar-refractivity contribution is 0.0950. The van der Waals surface area contributed by atoms with Crippen LogP contribution in [0.5, 0.6) is 5.75 Å². The maximum atomic E-state index is 12.1. The van der Waals surface area contributed by atoms with E-state index in [9.17, 15) is 4.79 Å². The number of hydrogen-bond donors (Lipinski definition) is 2. The molecule has 1 heterocycles. The molecule has 26 heavy (non-hydrogen) atoms. The predicted octanol–water partition coefficient (Wildman–Crippen LogP) is 4.16. The van der Waals surface area contributed by atoms with Gasteiger partial charge in [0.05, 0.1) is 24.0 Å². The number of carbonyl (C=O) groups excluding carboxylic acids is 1. The lowest BCUT2D eigenvalue weighted by atomic mass is 10.1. The Morgan fingerprint density at radius 2 is 1.96 bits per heavy atom. The van der Waals surface area contributed by atoms with Crippen molar-refractivity contribution in [1.82, 2.24) is 15.6 Å². The summed E-state index contributed by atoms with van der Waals surface area (Å²) < 4.78 is 5.08. The highest BCUT2D eigenvalue weighted by Gasteiger charge is 2.12. The van der Waals surface area contributed by atoms with E-state index in [0.717, 1.165) is 11.3 Å². The molecule has 6 nitrogen and oxygen atoms in total. The number of aromatic amines is 1. The van der Waals surface area contributed by atoms with Crippen LogP contribution < -0.4 is 10.2 Å². The molecule has 0 atom stereocenters. The number of methoxy groups -OCH3 is 1. The monoisotopic (exact) mass is 388 g/mol. The van der Waals surface area contributed by atoms with Gasteiger partial charge in [-0.3, -0.25) is 9.89 Å². The van der Waals surface area contributed by atoms with E-state index in [2.05, 4.69) is 20.7 Å². The first kappa shape index (κ1) is 18.0. The molecule has 2 aromatic carbocycles. The van der Waals surface area contributed by atoms with Crippen molar-refractivity contribution in [1.29, 1.82) is 0 Å². The lowest BCUT2D eigenvalue weighted by Gasteiger charge is -2.00. The first-order chi connectivity index (χ1) is 12.6. The lowest BCUT2D eigenvalue weighted by Crippen LogP contribution is -2.17. The number of carbonyl (C=O) groups is 1. The molecule has 0 saturated carbocycles. The SMILES string of the molecule is COc1ccc(/C=N\NC(=O)c2cc(-c3ccc(Cl)cc3Cl)n[nH]2)cc1. The maximum Gasteiger partial charge on any atom is 0.289 e. The number of H-pyrrole nitrogens is 1. The van der Waals surface area contributed by atoms with Crippen molar-refractivity contribution < 1.29 is 9.53 Å². The fourth-order valence-corrected chi connectivity index (χ4v) is 2.69. The summed E-state index contributed by atoms with van der Waals surface area (Å²) in [6.07, 6.45) is 1.53. The second-order valence-electron chi connectivity index (χ2n) is 5.26. The number of benzene rings is 2. The Kier molecular flexibility index (Phi) is 5.55. The van der Waals surface area contributed by atoms with Crippen LogP contribution in [0.25, 0.3) is 11.3 Å². The van der Waals surface area contributed by atoms with Crippen LogP contribution in [0.2, 0.25) is 10.0 Å². The van der Waals surface area contributed by atoms with Crippen LogP contribution in [0, 0.1) is 0 Å². The topological polar surface area (TPSA) is 79.4 Å². The summed E-state index contributed by atoms with van der Waals surface area (Å²) in [7, 11) is 1.60. The molecule has 0 bridgehead atoms. The molecule has 1 aromatic heterocycles. The number of nitrogens with zero attached hydrogens (tertiary/aromatic N) is 2. The van der Waals surface area contributed by atoms with E-state index in [0.29, 0.717) is 21.3 Å². The first-order valence-corrected chi connectivity index (χ1v) is 8.30. The molecule has 0 aliphatic rings. The Labute approximate surface area is 159 Å². The normalized spacial score (nSPS) is 10.9. The van der Waals surface area contributed by atoms with E-state index in [4.69, 9.17) is 27.9 Å². The van der Waals surface area contributed by atoms with Crippen LogP contribution in [0.1, 0.15) is 16.1 Å². The van der Waals surface area contributed by atoms with Gasteiger partial charge in [0.25, 0.3) is 5.91 Å². The third kappa shape index (κ3) is 4.22. The highest BCUT2D eigenvalue weighted by atomic mass is 35.5. The van der Waals surface area contributed by atoms with E-state index >= 15 is 0 Å². The molecule has 132 valence electrons. The third-order valence-corrected chi connectivity index (χ3v) is 4.07.